The summed E-state index contributed by atoms with van der Waals surface area (Å²) in [5, 5.41) is 10.9. The molecule has 0 aliphatic rings. The first kappa shape index (κ1) is 15.8. The van der Waals surface area contributed by atoms with Crippen molar-refractivity contribution < 1.29 is 23.1 Å². The molecule has 0 spiro atoms. The van der Waals surface area contributed by atoms with Crippen LogP contribution in [0.3, 0.4) is 0 Å². The van der Waals surface area contributed by atoms with Gasteiger partial charge in [0.25, 0.3) is 5.91 Å². The normalized spacial score (nSPS) is 10.7. The van der Waals surface area contributed by atoms with Gasteiger partial charge in [-0.05, 0) is 28.1 Å². The van der Waals surface area contributed by atoms with Gasteiger partial charge in [0, 0.05) is 21.8 Å². The number of hydrogen-bond acceptors (Lipinski definition) is 3. The van der Waals surface area contributed by atoms with Gasteiger partial charge in [0.15, 0.2) is 17.4 Å². The molecule has 0 aliphatic heterocycles. The van der Waals surface area contributed by atoms with Gasteiger partial charge in [-0.25, -0.2) is 8.78 Å². The van der Waals surface area contributed by atoms with Crippen LogP contribution in [0.4, 0.5) is 13.2 Å². The van der Waals surface area contributed by atoms with Gasteiger partial charge >= 0.3 is 0 Å². The third-order valence-corrected chi connectivity index (χ3v) is 4.41. The zero-order valence-electron chi connectivity index (χ0n) is 10.7. The number of phenolic OH excluding ortho intramolecular Hbond substituents is 1. The summed E-state index contributed by atoms with van der Waals surface area (Å²) in [4.78, 5) is 14.0. The van der Waals surface area contributed by atoms with E-state index < -0.39 is 34.7 Å². The highest BCUT2D eigenvalue weighted by molar-refractivity contribution is 9.10. The van der Waals surface area contributed by atoms with Crippen LogP contribution in [0.1, 0.15) is 15.2 Å². The van der Waals surface area contributed by atoms with E-state index in [-0.39, 0.29) is 6.54 Å². The molecule has 21 heavy (non-hydrogen) atoms. The summed E-state index contributed by atoms with van der Waals surface area (Å²) in [7, 11) is 1.40. The molecule has 1 aromatic heterocycles. The minimum atomic E-state index is -1.71. The van der Waals surface area contributed by atoms with Crippen LogP contribution in [0.5, 0.6) is 5.75 Å². The fraction of sp³-hybridized carbons (Fsp3) is 0.154. The number of phenols is 1. The Morgan fingerprint density at radius 3 is 2.57 bits per heavy atom. The maximum Gasteiger partial charge on any atom is 0.257 e. The molecule has 3 nitrogen and oxygen atoms in total. The van der Waals surface area contributed by atoms with Crippen molar-refractivity contribution in [3.05, 3.63) is 49.9 Å². The van der Waals surface area contributed by atoms with Crippen LogP contribution in [0, 0.1) is 17.5 Å². The molecule has 0 unspecified atom stereocenters. The van der Waals surface area contributed by atoms with Crippen molar-refractivity contribution in [3.8, 4) is 5.75 Å². The number of hydrogen-bond donors (Lipinski definition) is 1. The second-order valence-corrected chi connectivity index (χ2v) is 6.19. The summed E-state index contributed by atoms with van der Waals surface area (Å²) < 4.78 is 40.7. The second kappa shape index (κ2) is 6.07. The maximum atomic E-state index is 13.7. The van der Waals surface area contributed by atoms with Crippen LogP contribution in [0.15, 0.2) is 22.0 Å². The first-order chi connectivity index (χ1) is 9.81. The van der Waals surface area contributed by atoms with E-state index in [0.29, 0.717) is 6.07 Å². The number of rotatable bonds is 3. The van der Waals surface area contributed by atoms with Crippen molar-refractivity contribution in [2.24, 2.45) is 0 Å². The fourth-order valence-corrected chi connectivity index (χ4v) is 3.20. The molecule has 0 atom stereocenters. The van der Waals surface area contributed by atoms with Crippen molar-refractivity contribution >= 4 is 33.2 Å². The Kier molecular flexibility index (Phi) is 4.58. The van der Waals surface area contributed by atoms with E-state index in [1.54, 1.807) is 6.07 Å². The standard InChI is InChI=1S/C13H9BrF3NO2S/c1-18(4-7-2-6(14)5-21-7)13(20)8-3-9(15)11(17)12(19)10(8)16/h2-3,5,19H,4H2,1H3. The molecular formula is C13H9BrF3NO2S. The predicted molar refractivity (Wildman–Crippen MR) is 75.8 cm³/mol. The number of aromatic hydroxyl groups is 1. The van der Waals surface area contributed by atoms with Gasteiger partial charge in [-0.2, -0.15) is 4.39 Å². The Balaban J connectivity index is 2.27. The number of thiophene rings is 1. The average molecular weight is 380 g/mol. The van der Waals surface area contributed by atoms with Crippen LogP contribution in [-0.2, 0) is 6.54 Å². The van der Waals surface area contributed by atoms with Gasteiger partial charge in [0.2, 0.25) is 5.82 Å². The third kappa shape index (κ3) is 3.21. The summed E-state index contributed by atoms with van der Waals surface area (Å²) in [5.41, 5.74) is -0.718. The van der Waals surface area contributed by atoms with E-state index in [1.165, 1.54) is 18.4 Å². The largest absolute Gasteiger partial charge is 0.503 e. The van der Waals surface area contributed by atoms with Crippen molar-refractivity contribution in [1.29, 1.82) is 0 Å². The van der Waals surface area contributed by atoms with Crippen LogP contribution >= 0.6 is 27.3 Å². The average Bonchev–Trinajstić information content (AvgIpc) is 2.85. The third-order valence-electron chi connectivity index (χ3n) is 2.72. The zero-order chi connectivity index (χ0) is 15.7. The maximum absolute atomic E-state index is 13.7. The summed E-state index contributed by atoms with van der Waals surface area (Å²) in [6, 6.07) is 2.22. The lowest BCUT2D eigenvalue weighted by molar-refractivity contribution is 0.0780. The highest BCUT2D eigenvalue weighted by Gasteiger charge is 2.24. The first-order valence-corrected chi connectivity index (χ1v) is 7.33. The fourth-order valence-electron chi connectivity index (χ4n) is 1.69. The number of amides is 1. The SMILES string of the molecule is CN(Cc1cc(Br)cs1)C(=O)c1cc(F)c(F)c(O)c1F. The lowest BCUT2D eigenvalue weighted by Crippen LogP contribution is -2.27. The molecule has 1 N–H and O–H groups in total. The number of benzene rings is 1. The van der Waals surface area contributed by atoms with Gasteiger partial charge < -0.3 is 10.0 Å². The molecule has 0 saturated heterocycles. The second-order valence-electron chi connectivity index (χ2n) is 4.27. The summed E-state index contributed by atoms with van der Waals surface area (Å²) in [5.74, 6) is -7.02. The molecular weight excluding hydrogens is 371 g/mol. The Morgan fingerprint density at radius 1 is 1.33 bits per heavy atom. The molecule has 1 amide bonds. The van der Waals surface area contributed by atoms with Crippen molar-refractivity contribution in [1.82, 2.24) is 4.90 Å². The molecule has 1 heterocycles. The van der Waals surface area contributed by atoms with Crippen LogP contribution in [0.2, 0.25) is 0 Å². The Hall–Kier alpha value is -1.54. The van der Waals surface area contributed by atoms with Crippen LogP contribution in [0.25, 0.3) is 0 Å². The van der Waals surface area contributed by atoms with E-state index in [1.807, 2.05) is 5.38 Å². The lowest BCUT2D eigenvalue weighted by Gasteiger charge is -2.17. The van der Waals surface area contributed by atoms with Crippen molar-refractivity contribution in [2.45, 2.75) is 6.54 Å². The van der Waals surface area contributed by atoms with Gasteiger partial charge in [0.1, 0.15) is 0 Å². The first-order valence-electron chi connectivity index (χ1n) is 5.66. The van der Waals surface area contributed by atoms with Crippen molar-refractivity contribution in [2.75, 3.05) is 7.05 Å². The minimum absolute atomic E-state index is 0.175. The van der Waals surface area contributed by atoms with E-state index in [2.05, 4.69) is 15.9 Å². The predicted octanol–water partition coefficient (Wildman–Crippen LogP) is 3.91. The number of carbonyl (C=O) groups is 1. The summed E-state index contributed by atoms with van der Waals surface area (Å²) in [6.45, 7) is 0.175. The van der Waals surface area contributed by atoms with E-state index >= 15 is 0 Å². The van der Waals surface area contributed by atoms with E-state index in [0.717, 1.165) is 14.2 Å². The number of carbonyl (C=O) groups excluding carboxylic acids is 1. The molecule has 0 radical (unpaired) electrons. The molecule has 0 saturated carbocycles. The molecule has 112 valence electrons. The zero-order valence-corrected chi connectivity index (χ0v) is 13.1. The summed E-state index contributed by atoms with van der Waals surface area (Å²) in [6.07, 6.45) is 0. The van der Waals surface area contributed by atoms with Gasteiger partial charge in [-0.3, -0.25) is 4.79 Å². The van der Waals surface area contributed by atoms with Gasteiger partial charge in [-0.1, -0.05) is 0 Å². The molecule has 0 aliphatic carbocycles. The van der Waals surface area contributed by atoms with Gasteiger partial charge in [-0.15, -0.1) is 11.3 Å². The molecule has 0 fully saturated rings. The van der Waals surface area contributed by atoms with Gasteiger partial charge in [0.05, 0.1) is 12.1 Å². The molecule has 0 bridgehead atoms. The highest BCUT2D eigenvalue weighted by atomic mass is 79.9. The molecule has 2 rings (SSSR count). The Labute approximate surface area is 130 Å². The Bertz CT molecular complexity index is 705. The Morgan fingerprint density at radius 2 is 2.00 bits per heavy atom. The highest BCUT2D eigenvalue weighted by Crippen LogP contribution is 2.27. The number of nitrogens with zero attached hydrogens (tertiary/aromatic N) is 1. The number of halogens is 4. The minimum Gasteiger partial charge on any atom is -0.503 e. The van der Waals surface area contributed by atoms with E-state index in [9.17, 15) is 18.0 Å². The monoisotopic (exact) mass is 379 g/mol. The van der Waals surface area contributed by atoms with Crippen molar-refractivity contribution in [3.63, 3.8) is 0 Å². The van der Waals surface area contributed by atoms with Crippen LogP contribution < -0.4 is 0 Å². The van der Waals surface area contributed by atoms with E-state index in [4.69, 9.17) is 5.11 Å². The summed E-state index contributed by atoms with van der Waals surface area (Å²) >= 11 is 4.65. The molecule has 2 aromatic rings. The van der Waals surface area contributed by atoms with Crippen LogP contribution in [-0.4, -0.2) is 23.0 Å². The smallest absolute Gasteiger partial charge is 0.257 e. The quantitative estimate of drug-likeness (QED) is 0.821. The topological polar surface area (TPSA) is 40.5 Å². The molecule has 1 aromatic carbocycles. The lowest BCUT2D eigenvalue weighted by atomic mass is 10.1. The molecule has 8 heteroatoms.